The summed E-state index contributed by atoms with van der Waals surface area (Å²) in [4.78, 5) is 7.32. The van der Waals surface area contributed by atoms with Gasteiger partial charge < -0.3 is 25.3 Å². The van der Waals surface area contributed by atoms with Gasteiger partial charge in [0.1, 0.15) is 0 Å². The van der Waals surface area contributed by atoms with E-state index in [-0.39, 0.29) is 17.1 Å². The molecule has 15 heavy (non-hydrogen) atoms. The Morgan fingerprint density at radius 1 is 0.933 bits per heavy atom. The summed E-state index contributed by atoms with van der Waals surface area (Å²) in [5.74, 6) is 0. The predicted molar refractivity (Wildman–Crippen MR) is 64.7 cm³/mol. The van der Waals surface area contributed by atoms with Crippen molar-refractivity contribution in [3.63, 3.8) is 0 Å². The van der Waals surface area contributed by atoms with Crippen LogP contribution < -0.4 is 10.9 Å². The van der Waals surface area contributed by atoms with Gasteiger partial charge in [-0.15, -0.1) is 0 Å². The number of hydrogen-bond acceptors (Lipinski definition) is 6. The summed E-state index contributed by atoms with van der Waals surface area (Å²) in [6, 6.07) is 0. The molecule has 9 heteroatoms. The summed E-state index contributed by atoms with van der Waals surface area (Å²) < 4.78 is 0. The molecule has 6 nitrogen and oxygen atoms in total. The Bertz CT molecular complexity index is 247. The Labute approximate surface area is 110 Å². The molecule has 0 aromatic rings. The van der Waals surface area contributed by atoms with Crippen molar-refractivity contribution in [2.75, 3.05) is 14.1 Å². The van der Waals surface area contributed by atoms with E-state index in [0.717, 1.165) is 0 Å². The quantitative estimate of drug-likeness (QED) is 0.235. The minimum absolute atomic E-state index is 0. The molecule has 0 aliphatic heterocycles. The zero-order valence-electron chi connectivity index (χ0n) is 8.06. The summed E-state index contributed by atoms with van der Waals surface area (Å²) in [6.45, 7) is 0. The van der Waals surface area contributed by atoms with Gasteiger partial charge in [0.2, 0.25) is 0 Å². The molecule has 0 heterocycles. The smallest absolute Gasteiger partial charge is 0.741 e. The maximum absolute atomic E-state index is 4.71. The van der Waals surface area contributed by atoms with Crippen LogP contribution in [0, 0.1) is 0 Å². The molecular formula is C6H10CuN6S2. The second-order valence-electron chi connectivity index (χ2n) is 1.84. The zero-order chi connectivity index (χ0) is 10.8. The van der Waals surface area contributed by atoms with Crippen molar-refractivity contribution in [3.8, 4) is 0 Å². The molecule has 0 fully saturated rings. The van der Waals surface area contributed by atoms with E-state index in [1.165, 1.54) is 12.4 Å². The second-order valence-corrected chi connectivity index (χ2v) is 2.61. The van der Waals surface area contributed by atoms with Crippen LogP contribution in [0.3, 0.4) is 0 Å². The van der Waals surface area contributed by atoms with Gasteiger partial charge >= 0.3 is 17.1 Å². The number of hydrazone groups is 2. The molecule has 0 aromatic heterocycles. The molecule has 87 valence electrons. The molecule has 0 saturated heterocycles. The van der Waals surface area contributed by atoms with Crippen molar-refractivity contribution in [2.24, 2.45) is 20.2 Å². The summed E-state index contributed by atoms with van der Waals surface area (Å²) in [6.07, 6.45) is 2.81. The maximum atomic E-state index is 4.71. The third-order valence-corrected chi connectivity index (χ3v) is 1.49. The van der Waals surface area contributed by atoms with E-state index >= 15 is 0 Å². The number of aliphatic imine (C=N–C) groups is 2. The van der Waals surface area contributed by atoms with E-state index in [0.29, 0.717) is 10.3 Å². The van der Waals surface area contributed by atoms with Crippen LogP contribution in [0.2, 0.25) is 0 Å². The first kappa shape index (κ1) is 16.7. The van der Waals surface area contributed by atoms with Crippen LogP contribution in [0.25, 0.3) is 0 Å². The number of nitrogens with one attached hydrogen (secondary N) is 2. The van der Waals surface area contributed by atoms with Gasteiger partial charge in [-0.25, -0.2) is 0 Å². The molecule has 0 aliphatic carbocycles. The fraction of sp³-hybridized carbons (Fsp3) is 0.333. The van der Waals surface area contributed by atoms with Crippen LogP contribution in [0.15, 0.2) is 20.2 Å². The topological polar surface area (TPSA) is 73.5 Å². The summed E-state index contributed by atoms with van der Waals surface area (Å²) in [5, 5.41) is 8.00. The molecule has 0 bridgehead atoms. The van der Waals surface area contributed by atoms with Crippen LogP contribution in [0.5, 0.6) is 0 Å². The minimum atomic E-state index is 0. The van der Waals surface area contributed by atoms with Gasteiger partial charge in [0.25, 0.3) is 0 Å². The average molecular weight is 294 g/mol. The predicted octanol–water partition coefficient (Wildman–Crippen LogP) is -0.800. The Kier molecular flexibility index (Phi) is 12.6. The van der Waals surface area contributed by atoms with Gasteiger partial charge in [-0.05, 0) is 10.3 Å². The fourth-order valence-electron chi connectivity index (χ4n) is 0.352. The van der Waals surface area contributed by atoms with E-state index < -0.39 is 0 Å². The standard InChI is InChI=1S/C6H12N6S2.Cu/c1-7-5(13)11-9-3-4-10-12-6(14)8-2;/h3-4H,1-2H3,(H2,7,11,13)(H2,8,12,14);/q;+2/p-2/b9-3+,10-4+;. The van der Waals surface area contributed by atoms with Crippen molar-refractivity contribution >= 4 is 48.0 Å². The summed E-state index contributed by atoms with van der Waals surface area (Å²) in [5.41, 5.74) is 4.99. The molecular weight excluding hydrogens is 284 g/mol. The third-order valence-electron chi connectivity index (χ3n) is 0.942. The monoisotopic (exact) mass is 293 g/mol. The third kappa shape index (κ3) is 11.2. The van der Waals surface area contributed by atoms with Crippen LogP contribution in [0.1, 0.15) is 0 Å². The molecule has 0 atom stereocenters. The number of amidine groups is 2. The van der Waals surface area contributed by atoms with Crippen molar-refractivity contribution < 1.29 is 17.1 Å². The van der Waals surface area contributed by atoms with Crippen LogP contribution in [0.4, 0.5) is 0 Å². The minimum Gasteiger partial charge on any atom is -0.741 e. The first-order chi connectivity index (χ1) is 6.70. The largest absolute Gasteiger partial charge is 2.00 e. The fourth-order valence-corrected chi connectivity index (χ4v) is 0.457. The van der Waals surface area contributed by atoms with Gasteiger partial charge in [-0.2, -0.15) is 10.2 Å². The van der Waals surface area contributed by atoms with Crippen molar-refractivity contribution in [2.45, 2.75) is 0 Å². The summed E-state index contributed by atoms with van der Waals surface area (Å²) in [7, 11) is 3.14. The van der Waals surface area contributed by atoms with Crippen LogP contribution in [-0.4, -0.2) is 36.9 Å². The summed E-state index contributed by atoms with van der Waals surface area (Å²) >= 11 is 9.41. The molecule has 2 N–H and O–H groups in total. The second kappa shape index (κ2) is 11.3. The van der Waals surface area contributed by atoms with E-state index in [1.807, 2.05) is 0 Å². The van der Waals surface area contributed by atoms with Crippen LogP contribution in [-0.2, 0) is 42.3 Å². The first-order valence-electron chi connectivity index (χ1n) is 3.55. The molecule has 1 radical (unpaired) electrons. The van der Waals surface area contributed by atoms with Crippen molar-refractivity contribution in [3.05, 3.63) is 0 Å². The molecule has 0 unspecified atom stereocenters. The maximum Gasteiger partial charge on any atom is 2.00 e. The Balaban J connectivity index is 0. The normalized spacial score (nSPS) is 12.9. The molecule has 0 saturated carbocycles. The van der Waals surface area contributed by atoms with Gasteiger partial charge in [0, 0.05) is 14.1 Å². The SMILES string of the molecule is CN=C([S-])N/N=C/C=N/NC([S-])=NC.[Cu+2]. The molecule has 0 spiro atoms. The Morgan fingerprint density at radius 2 is 1.27 bits per heavy atom. The molecule has 0 aliphatic rings. The number of nitrogens with zero attached hydrogens (tertiary/aromatic N) is 4. The first-order valence-corrected chi connectivity index (χ1v) is 4.36. The number of hydrogen-bond donors (Lipinski definition) is 2. The van der Waals surface area contributed by atoms with E-state index in [9.17, 15) is 0 Å². The van der Waals surface area contributed by atoms with E-state index in [4.69, 9.17) is 25.3 Å². The molecule has 0 aromatic carbocycles. The van der Waals surface area contributed by atoms with Gasteiger partial charge in [0.15, 0.2) is 0 Å². The van der Waals surface area contributed by atoms with Gasteiger partial charge in [-0.1, -0.05) is 0 Å². The Morgan fingerprint density at radius 3 is 1.53 bits per heavy atom. The van der Waals surface area contributed by atoms with Gasteiger partial charge in [0.05, 0.1) is 12.4 Å². The number of rotatable bonds is 3. The molecule has 0 rings (SSSR count). The average Bonchev–Trinajstić information content (AvgIpc) is 2.22. The van der Waals surface area contributed by atoms with Gasteiger partial charge in [-0.3, -0.25) is 20.8 Å². The van der Waals surface area contributed by atoms with Crippen LogP contribution >= 0.6 is 0 Å². The molecule has 0 amide bonds. The zero-order valence-corrected chi connectivity index (χ0v) is 10.6. The van der Waals surface area contributed by atoms with E-state index in [2.05, 4.69) is 31.0 Å². The Hall–Kier alpha value is -0.761. The van der Waals surface area contributed by atoms with Crippen molar-refractivity contribution in [1.82, 2.24) is 10.9 Å². The van der Waals surface area contributed by atoms with Crippen molar-refractivity contribution in [1.29, 1.82) is 0 Å². The van der Waals surface area contributed by atoms with E-state index in [1.54, 1.807) is 14.1 Å².